The maximum Gasteiger partial charge on any atom is 0.168 e. The molecule has 66 valence electrons. The second-order valence-corrected chi connectivity index (χ2v) is 3.27. The minimum Gasteiger partial charge on any atom is -0.313 e. The fourth-order valence-corrected chi connectivity index (χ4v) is 1.53. The molecule has 2 heterocycles. The Morgan fingerprint density at radius 1 is 1.75 bits per heavy atom. The normalized spacial score (nSPS) is 29.5. The Kier molecular flexibility index (Phi) is 1.65. The molecular weight excluding hydrogens is 157 g/mol. The maximum atomic E-state index is 13.9. The summed E-state index contributed by atoms with van der Waals surface area (Å²) >= 11 is 0. The monoisotopic (exact) mass is 169 g/mol. The number of nitrogens with zero attached hydrogens (tertiary/aromatic N) is 2. The van der Waals surface area contributed by atoms with Gasteiger partial charge >= 0.3 is 0 Å². The van der Waals surface area contributed by atoms with Crippen LogP contribution in [0.2, 0.25) is 0 Å². The first-order valence-electron chi connectivity index (χ1n) is 4.10. The molecule has 1 saturated heterocycles. The van der Waals surface area contributed by atoms with Gasteiger partial charge in [-0.2, -0.15) is 5.10 Å². The highest BCUT2D eigenvalue weighted by Gasteiger charge is 2.37. The smallest absolute Gasteiger partial charge is 0.168 e. The summed E-state index contributed by atoms with van der Waals surface area (Å²) in [6, 6.07) is 1.74. The van der Waals surface area contributed by atoms with E-state index in [9.17, 15) is 4.39 Å². The van der Waals surface area contributed by atoms with Crippen LogP contribution in [0.15, 0.2) is 12.3 Å². The first-order valence-corrected chi connectivity index (χ1v) is 4.10. The van der Waals surface area contributed by atoms with Crippen LogP contribution in [0.3, 0.4) is 0 Å². The summed E-state index contributed by atoms with van der Waals surface area (Å²) in [6.07, 6.45) is 2.30. The van der Waals surface area contributed by atoms with Crippen molar-refractivity contribution in [2.45, 2.75) is 12.1 Å². The molecule has 0 amide bonds. The molecule has 0 radical (unpaired) electrons. The van der Waals surface area contributed by atoms with Crippen LogP contribution in [0.25, 0.3) is 0 Å². The Morgan fingerprint density at radius 2 is 2.58 bits per heavy atom. The number of rotatable bonds is 1. The zero-order valence-electron chi connectivity index (χ0n) is 7.05. The SMILES string of the molecule is Cn1ccc(C2(F)CCNC2)n1. The van der Waals surface area contributed by atoms with Gasteiger partial charge in [0.05, 0.1) is 0 Å². The highest BCUT2D eigenvalue weighted by atomic mass is 19.1. The molecule has 0 spiro atoms. The molecule has 1 unspecified atom stereocenters. The standard InChI is InChI=1S/C8H12FN3/c1-12-5-2-7(11-12)8(9)3-4-10-6-8/h2,5,10H,3-4,6H2,1H3. The average molecular weight is 169 g/mol. The van der Waals surface area contributed by atoms with Crippen LogP contribution in [0.5, 0.6) is 0 Å². The van der Waals surface area contributed by atoms with Crippen molar-refractivity contribution in [3.8, 4) is 0 Å². The molecule has 1 aromatic rings. The van der Waals surface area contributed by atoms with Gasteiger partial charge in [-0.05, 0) is 12.6 Å². The third-order valence-corrected chi connectivity index (χ3v) is 2.28. The van der Waals surface area contributed by atoms with Crippen molar-refractivity contribution in [3.05, 3.63) is 18.0 Å². The van der Waals surface area contributed by atoms with Gasteiger partial charge in [0.15, 0.2) is 5.67 Å². The molecule has 0 saturated carbocycles. The van der Waals surface area contributed by atoms with Crippen molar-refractivity contribution in [3.63, 3.8) is 0 Å². The van der Waals surface area contributed by atoms with E-state index in [1.165, 1.54) is 0 Å². The summed E-state index contributed by atoms with van der Waals surface area (Å²) in [5.41, 5.74) is -0.684. The average Bonchev–Trinajstić information content (AvgIpc) is 2.59. The molecule has 0 aromatic carbocycles. The van der Waals surface area contributed by atoms with E-state index < -0.39 is 5.67 Å². The van der Waals surface area contributed by atoms with Gasteiger partial charge in [-0.25, -0.2) is 4.39 Å². The first kappa shape index (κ1) is 7.73. The molecule has 12 heavy (non-hydrogen) atoms. The summed E-state index contributed by atoms with van der Waals surface area (Å²) in [4.78, 5) is 0. The molecule has 1 atom stereocenters. The Bertz CT molecular complexity index is 276. The molecular formula is C8H12FN3. The molecule has 0 aliphatic carbocycles. The predicted octanol–water partition coefficient (Wildman–Crippen LogP) is 0.578. The van der Waals surface area contributed by atoms with E-state index in [0.717, 1.165) is 6.54 Å². The van der Waals surface area contributed by atoms with Gasteiger partial charge < -0.3 is 5.32 Å². The summed E-state index contributed by atoms with van der Waals surface area (Å²) < 4.78 is 15.6. The Balaban J connectivity index is 2.28. The largest absolute Gasteiger partial charge is 0.313 e. The van der Waals surface area contributed by atoms with Crippen molar-refractivity contribution >= 4 is 0 Å². The number of hydrogen-bond acceptors (Lipinski definition) is 2. The van der Waals surface area contributed by atoms with Crippen molar-refractivity contribution in [1.82, 2.24) is 15.1 Å². The lowest BCUT2D eigenvalue weighted by molar-refractivity contribution is 0.185. The van der Waals surface area contributed by atoms with Crippen LogP contribution in [0.1, 0.15) is 12.1 Å². The molecule has 3 nitrogen and oxygen atoms in total. The van der Waals surface area contributed by atoms with Gasteiger partial charge in [0.2, 0.25) is 0 Å². The number of halogens is 1. The van der Waals surface area contributed by atoms with Crippen LogP contribution < -0.4 is 5.32 Å². The van der Waals surface area contributed by atoms with E-state index in [1.807, 2.05) is 0 Å². The highest BCUT2D eigenvalue weighted by molar-refractivity contribution is 5.13. The van der Waals surface area contributed by atoms with E-state index in [1.54, 1.807) is 24.0 Å². The summed E-state index contributed by atoms with van der Waals surface area (Å²) in [5.74, 6) is 0. The second kappa shape index (κ2) is 2.55. The Morgan fingerprint density at radius 3 is 3.08 bits per heavy atom. The molecule has 1 aliphatic rings. The van der Waals surface area contributed by atoms with Crippen molar-refractivity contribution < 1.29 is 4.39 Å². The van der Waals surface area contributed by atoms with Crippen LogP contribution in [-0.4, -0.2) is 22.9 Å². The third kappa shape index (κ3) is 1.12. The van der Waals surface area contributed by atoms with Crippen LogP contribution in [0, 0.1) is 0 Å². The molecule has 1 aliphatic heterocycles. The fraction of sp³-hybridized carbons (Fsp3) is 0.625. The quantitative estimate of drug-likeness (QED) is 0.666. The minimum atomic E-state index is -1.23. The number of aryl methyl sites for hydroxylation is 1. The molecule has 0 bridgehead atoms. The molecule has 2 rings (SSSR count). The van der Waals surface area contributed by atoms with E-state index in [2.05, 4.69) is 10.4 Å². The summed E-state index contributed by atoms with van der Waals surface area (Å²) in [7, 11) is 1.80. The molecule has 1 N–H and O–H groups in total. The first-order chi connectivity index (χ1) is 5.71. The van der Waals surface area contributed by atoms with E-state index in [-0.39, 0.29) is 0 Å². The number of nitrogens with one attached hydrogen (secondary N) is 1. The molecule has 1 aromatic heterocycles. The maximum absolute atomic E-state index is 13.9. The number of alkyl halides is 1. The topological polar surface area (TPSA) is 29.9 Å². The van der Waals surface area contributed by atoms with Gasteiger partial charge in [-0.3, -0.25) is 4.68 Å². The van der Waals surface area contributed by atoms with Gasteiger partial charge in [0.1, 0.15) is 5.69 Å². The van der Waals surface area contributed by atoms with Gasteiger partial charge in [0, 0.05) is 26.2 Å². The van der Waals surface area contributed by atoms with Gasteiger partial charge in [-0.15, -0.1) is 0 Å². The van der Waals surface area contributed by atoms with Gasteiger partial charge in [-0.1, -0.05) is 0 Å². The Hall–Kier alpha value is -0.900. The van der Waals surface area contributed by atoms with Crippen LogP contribution in [0.4, 0.5) is 4.39 Å². The zero-order chi connectivity index (χ0) is 8.60. The van der Waals surface area contributed by atoms with Crippen molar-refractivity contribution in [2.75, 3.05) is 13.1 Å². The fourth-order valence-electron chi connectivity index (χ4n) is 1.53. The lowest BCUT2D eigenvalue weighted by Gasteiger charge is -2.14. The third-order valence-electron chi connectivity index (χ3n) is 2.28. The van der Waals surface area contributed by atoms with E-state index in [4.69, 9.17) is 0 Å². The van der Waals surface area contributed by atoms with E-state index in [0.29, 0.717) is 18.7 Å². The highest BCUT2D eigenvalue weighted by Crippen LogP contribution is 2.30. The summed E-state index contributed by atoms with van der Waals surface area (Å²) in [5, 5.41) is 7.06. The summed E-state index contributed by atoms with van der Waals surface area (Å²) in [6.45, 7) is 1.14. The molecule has 1 fully saturated rings. The zero-order valence-corrected chi connectivity index (χ0v) is 7.05. The lowest BCUT2D eigenvalue weighted by Crippen LogP contribution is -2.24. The second-order valence-electron chi connectivity index (χ2n) is 3.27. The molecule has 4 heteroatoms. The van der Waals surface area contributed by atoms with Crippen LogP contribution >= 0.6 is 0 Å². The Labute approximate surface area is 70.6 Å². The number of aromatic nitrogens is 2. The number of hydrogen-bond donors (Lipinski definition) is 1. The van der Waals surface area contributed by atoms with Gasteiger partial charge in [0.25, 0.3) is 0 Å². The van der Waals surface area contributed by atoms with Crippen molar-refractivity contribution in [1.29, 1.82) is 0 Å². The predicted molar refractivity (Wildman–Crippen MR) is 43.5 cm³/mol. The minimum absolute atomic E-state index is 0.393. The van der Waals surface area contributed by atoms with Crippen molar-refractivity contribution in [2.24, 2.45) is 7.05 Å². The lowest BCUT2D eigenvalue weighted by atomic mass is 10.0. The van der Waals surface area contributed by atoms with Crippen LogP contribution in [-0.2, 0) is 12.7 Å². The van der Waals surface area contributed by atoms with E-state index >= 15 is 0 Å².